The summed E-state index contributed by atoms with van der Waals surface area (Å²) in [6.45, 7) is 4.78. The van der Waals surface area contributed by atoms with Crippen LogP contribution in [0.2, 0.25) is 0 Å². The van der Waals surface area contributed by atoms with Gasteiger partial charge in [0.1, 0.15) is 10.6 Å². The molecule has 0 aromatic carbocycles. The van der Waals surface area contributed by atoms with E-state index in [2.05, 4.69) is 4.98 Å². The summed E-state index contributed by atoms with van der Waals surface area (Å²) in [6.07, 6.45) is 0. The zero-order valence-electron chi connectivity index (χ0n) is 9.70. The van der Waals surface area contributed by atoms with Crippen molar-refractivity contribution in [2.24, 2.45) is 0 Å². The van der Waals surface area contributed by atoms with Crippen molar-refractivity contribution in [3.63, 3.8) is 0 Å². The first-order valence-corrected chi connectivity index (χ1v) is 6.35. The molecule has 0 spiro atoms. The Labute approximate surface area is 98.8 Å². The molecule has 0 saturated carbocycles. The minimum atomic E-state index is -4.02. The Morgan fingerprint density at radius 2 is 2.06 bits per heavy atom. The summed E-state index contributed by atoms with van der Waals surface area (Å²) < 4.78 is 27.8. The molecule has 0 bridgehead atoms. The van der Waals surface area contributed by atoms with Crippen LogP contribution in [-0.4, -0.2) is 31.2 Å². The molecule has 0 saturated heterocycles. The molecule has 1 rings (SSSR count). The summed E-state index contributed by atoms with van der Waals surface area (Å²) in [6, 6.07) is 0. The second-order valence-electron chi connectivity index (χ2n) is 3.39. The number of ether oxygens (including phenoxy) is 1. The van der Waals surface area contributed by atoms with E-state index in [9.17, 15) is 13.2 Å². The molecule has 96 valence electrons. The van der Waals surface area contributed by atoms with Crippen LogP contribution in [0.25, 0.3) is 0 Å². The molecule has 0 unspecified atom stereocenters. The van der Waals surface area contributed by atoms with Gasteiger partial charge in [-0.3, -0.25) is 0 Å². The highest BCUT2D eigenvalue weighted by atomic mass is 32.2. The molecule has 0 radical (unpaired) electrons. The number of rotatable bonds is 4. The zero-order valence-corrected chi connectivity index (χ0v) is 10.5. The molecule has 0 atom stereocenters. The van der Waals surface area contributed by atoms with Crippen molar-refractivity contribution >= 4 is 16.0 Å². The SMILES string of the molecule is CCOC(=O)c1[nH]c(C)c(S(=O)(=O)NO)c1C. The molecule has 3 N–H and O–H groups in total. The number of hydrogen-bond acceptors (Lipinski definition) is 5. The van der Waals surface area contributed by atoms with E-state index in [1.54, 1.807) is 6.92 Å². The summed E-state index contributed by atoms with van der Waals surface area (Å²) in [5.41, 5.74) is 0.535. The Kier molecular flexibility index (Phi) is 3.91. The summed E-state index contributed by atoms with van der Waals surface area (Å²) in [5.74, 6) is -0.632. The fourth-order valence-corrected chi connectivity index (χ4v) is 2.64. The molecule has 1 aromatic heterocycles. The summed E-state index contributed by atoms with van der Waals surface area (Å²) in [4.78, 5) is 15.2. The minimum Gasteiger partial charge on any atom is -0.461 e. The van der Waals surface area contributed by atoms with Crippen LogP contribution >= 0.6 is 0 Å². The Bertz CT molecular complexity index is 532. The van der Waals surface area contributed by atoms with Gasteiger partial charge in [-0.2, -0.15) is 0 Å². The third kappa shape index (κ3) is 2.48. The number of esters is 1. The molecule has 0 aliphatic heterocycles. The van der Waals surface area contributed by atoms with E-state index < -0.39 is 16.0 Å². The van der Waals surface area contributed by atoms with Crippen LogP contribution in [0.3, 0.4) is 0 Å². The molecule has 1 aromatic rings. The maximum Gasteiger partial charge on any atom is 0.355 e. The highest BCUT2D eigenvalue weighted by Gasteiger charge is 2.26. The van der Waals surface area contributed by atoms with Crippen molar-refractivity contribution in [1.29, 1.82) is 0 Å². The number of sulfonamides is 1. The van der Waals surface area contributed by atoms with E-state index in [1.807, 2.05) is 0 Å². The van der Waals surface area contributed by atoms with Gasteiger partial charge >= 0.3 is 5.97 Å². The van der Waals surface area contributed by atoms with Gasteiger partial charge in [0.05, 0.1) is 6.61 Å². The smallest absolute Gasteiger partial charge is 0.355 e. The molecule has 0 aliphatic carbocycles. The maximum atomic E-state index is 11.5. The van der Waals surface area contributed by atoms with Crippen molar-refractivity contribution in [2.45, 2.75) is 25.7 Å². The molecule has 8 heteroatoms. The lowest BCUT2D eigenvalue weighted by atomic mass is 10.2. The second kappa shape index (κ2) is 4.86. The number of carbonyl (C=O) groups is 1. The van der Waals surface area contributed by atoms with Crippen molar-refractivity contribution in [1.82, 2.24) is 9.87 Å². The summed E-state index contributed by atoms with van der Waals surface area (Å²) in [5, 5.41) is 8.58. The van der Waals surface area contributed by atoms with E-state index in [0.717, 1.165) is 0 Å². The third-order valence-corrected chi connectivity index (χ3v) is 3.63. The van der Waals surface area contributed by atoms with Gasteiger partial charge in [-0.1, -0.05) is 4.89 Å². The monoisotopic (exact) mass is 262 g/mol. The lowest BCUT2D eigenvalue weighted by Crippen LogP contribution is -2.20. The average Bonchev–Trinajstić information content (AvgIpc) is 2.55. The summed E-state index contributed by atoms with van der Waals surface area (Å²) in [7, 11) is -4.02. The zero-order chi connectivity index (χ0) is 13.2. The number of H-pyrrole nitrogens is 1. The van der Waals surface area contributed by atoms with Gasteiger partial charge in [-0.05, 0) is 20.8 Å². The molecule has 17 heavy (non-hydrogen) atoms. The number of nitrogens with one attached hydrogen (secondary N) is 2. The van der Waals surface area contributed by atoms with Crippen LogP contribution in [0.5, 0.6) is 0 Å². The molecule has 0 fully saturated rings. The maximum absolute atomic E-state index is 11.5. The van der Waals surface area contributed by atoms with Gasteiger partial charge in [-0.25, -0.2) is 13.2 Å². The highest BCUT2D eigenvalue weighted by Crippen LogP contribution is 2.23. The Morgan fingerprint density at radius 1 is 1.47 bits per heavy atom. The van der Waals surface area contributed by atoms with Crippen molar-refractivity contribution in [3.8, 4) is 0 Å². The first-order valence-electron chi connectivity index (χ1n) is 4.87. The Balaban J connectivity index is 3.34. The van der Waals surface area contributed by atoms with Gasteiger partial charge < -0.3 is 14.9 Å². The van der Waals surface area contributed by atoms with Crippen LogP contribution in [0.1, 0.15) is 28.7 Å². The van der Waals surface area contributed by atoms with E-state index in [0.29, 0.717) is 0 Å². The van der Waals surface area contributed by atoms with Crippen molar-refractivity contribution < 1.29 is 23.2 Å². The average molecular weight is 262 g/mol. The highest BCUT2D eigenvalue weighted by molar-refractivity contribution is 7.89. The predicted octanol–water partition coefficient (Wildman–Crippen LogP) is 0.476. The van der Waals surface area contributed by atoms with Crippen LogP contribution in [0.15, 0.2) is 4.90 Å². The number of carbonyl (C=O) groups excluding carboxylic acids is 1. The molecule has 7 nitrogen and oxygen atoms in total. The predicted molar refractivity (Wildman–Crippen MR) is 58.3 cm³/mol. The lowest BCUT2D eigenvalue weighted by Gasteiger charge is -2.02. The largest absolute Gasteiger partial charge is 0.461 e. The normalized spacial score (nSPS) is 11.5. The van der Waals surface area contributed by atoms with Crippen LogP contribution < -0.4 is 4.89 Å². The first-order chi connectivity index (χ1) is 7.85. The van der Waals surface area contributed by atoms with E-state index in [1.165, 1.54) is 18.7 Å². The van der Waals surface area contributed by atoms with Gasteiger partial charge in [0.2, 0.25) is 0 Å². The van der Waals surface area contributed by atoms with Gasteiger partial charge in [0.25, 0.3) is 10.0 Å². The standard InChI is InChI=1S/C9H14N2O5S/c1-4-16-9(12)7-5(2)8(6(3)10-7)17(14,15)11-13/h10-11,13H,4H2,1-3H3. The molecular weight excluding hydrogens is 248 g/mol. The van der Waals surface area contributed by atoms with Crippen molar-refractivity contribution in [3.05, 3.63) is 17.0 Å². The minimum absolute atomic E-state index is 0.0678. The Hall–Kier alpha value is -1.38. The number of hydrogen-bond donors (Lipinski definition) is 3. The van der Waals surface area contributed by atoms with E-state index in [4.69, 9.17) is 9.94 Å². The molecule has 1 heterocycles. The topological polar surface area (TPSA) is 108 Å². The molecule has 0 amide bonds. The Morgan fingerprint density at radius 3 is 2.53 bits per heavy atom. The van der Waals surface area contributed by atoms with E-state index in [-0.39, 0.29) is 28.5 Å². The van der Waals surface area contributed by atoms with Gasteiger partial charge in [0, 0.05) is 11.3 Å². The first kappa shape index (κ1) is 13.7. The van der Waals surface area contributed by atoms with Crippen molar-refractivity contribution in [2.75, 3.05) is 6.61 Å². The van der Waals surface area contributed by atoms with Crippen LogP contribution in [0, 0.1) is 13.8 Å². The lowest BCUT2D eigenvalue weighted by molar-refractivity contribution is 0.0519. The number of aryl methyl sites for hydroxylation is 1. The summed E-state index contributed by atoms with van der Waals surface area (Å²) >= 11 is 0. The fraction of sp³-hybridized carbons (Fsp3) is 0.444. The third-order valence-electron chi connectivity index (χ3n) is 2.24. The van der Waals surface area contributed by atoms with Crippen LogP contribution in [-0.2, 0) is 14.8 Å². The second-order valence-corrected chi connectivity index (χ2v) is 4.99. The van der Waals surface area contributed by atoms with Crippen LogP contribution in [0.4, 0.5) is 0 Å². The molecular formula is C9H14N2O5S. The number of aromatic nitrogens is 1. The van der Waals surface area contributed by atoms with E-state index >= 15 is 0 Å². The van der Waals surface area contributed by atoms with Gasteiger partial charge in [-0.15, -0.1) is 0 Å². The van der Waals surface area contributed by atoms with Gasteiger partial charge in [0.15, 0.2) is 0 Å². The quantitative estimate of drug-likeness (QED) is 0.540. The number of aromatic amines is 1. The molecule has 0 aliphatic rings. The fourth-order valence-electron chi connectivity index (χ4n) is 1.59.